The molecule has 0 spiro atoms. The van der Waals surface area contributed by atoms with E-state index in [1.54, 1.807) is 39.0 Å². The van der Waals surface area contributed by atoms with Gasteiger partial charge in [-0.2, -0.15) is 0 Å². The summed E-state index contributed by atoms with van der Waals surface area (Å²) >= 11 is 0. The van der Waals surface area contributed by atoms with Crippen LogP contribution in [-0.4, -0.2) is 60.8 Å². The van der Waals surface area contributed by atoms with Gasteiger partial charge in [0.25, 0.3) is 5.91 Å². The second-order valence-electron chi connectivity index (χ2n) is 6.45. The van der Waals surface area contributed by atoms with Gasteiger partial charge in [-0.15, -0.1) is 0 Å². The Morgan fingerprint density at radius 3 is 2.57 bits per heavy atom. The number of ether oxygens (including phenoxy) is 2. The lowest BCUT2D eigenvalue weighted by molar-refractivity contribution is -0.144. The van der Waals surface area contributed by atoms with Crippen LogP contribution in [0.1, 0.15) is 44.5 Å². The molecule has 2 amide bonds. The Labute approximate surface area is 164 Å². The normalized spacial score (nSPS) is 15.5. The van der Waals surface area contributed by atoms with Crippen LogP contribution < -0.4 is 9.64 Å². The predicted molar refractivity (Wildman–Crippen MR) is 102 cm³/mol. The maximum Gasteiger partial charge on any atom is 0.307 e. The molecule has 1 aliphatic rings. The van der Waals surface area contributed by atoms with Crippen LogP contribution in [0.25, 0.3) is 0 Å². The molecule has 1 aromatic carbocycles. The van der Waals surface area contributed by atoms with Gasteiger partial charge in [0.2, 0.25) is 5.91 Å². The molecule has 0 aromatic heterocycles. The number of rotatable bonds is 8. The SMILES string of the molecule is CCOC(=O)CCN(CC)C(=O)CN1C(=O)C(C)Oc2ccc(C(C)=O)cc21. The van der Waals surface area contributed by atoms with Crippen molar-refractivity contribution in [1.82, 2.24) is 4.90 Å². The van der Waals surface area contributed by atoms with Crippen molar-refractivity contribution in [2.45, 2.75) is 40.2 Å². The monoisotopic (exact) mass is 390 g/mol. The van der Waals surface area contributed by atoms with Gasteiger partial charge in [0.05, 0.1) is 18.7 Å². The van der Waals surface area contributed by atoms with Crippen molar-refractivity contribution < 1.29 is 28.7 Å². The van der Waals surface area contributed by atoms with Gasteiger partial charge in [0.1, 0.15) is 12.3 Å². The zero-order chi connectivity index (χ0) is 20.8. The number of ketones is 1. The van der Waals surface area contributed by atoms with Gasteiger partial charge >= 0.3 is 5.97 Å². The van der Waals surface area contributed by atoms with Crippen molar-refractivity contribution in [3.63, 3.8) is 0 Å². The van der Waals surface area contributed by atoms with Crippen LogP contribution in [0, 0.1) is 0 Å². The van der Waals surface area contributed by atoms with Crippen molar-refractivity contribution in [2.75, 3.05) is 31.1 Å². The Morgan fingerprint density at radius 1 is 1.25 bits per heavy atom. The first kappa shape index (κ1) is 21.4. The standard InChI is InChI=1S/C20H26N2O6/c1-5-21(10-9-19(25)27-6-2)18(24)12-22-16-11-15(13(3)23)7-8-17(16)28-14(4)20(22)26/h7-8,11,14H,5-6,9-10,12H2,1-4H3. The molecule has 0 N–H and O–H groups in total. The number of carbonyl (C=O) groups is 4. The van der Waals surface area contributed by atoms with Crippen LogP contribution in [0.2, 0.25) is 0 Å². The van der Waals surface area contributed by atoms with Gasteiger partial charge in [-0.25, -0.2) is 0 Å². The van der Waals surface area contributed by atoms with Gasteiger partial charge in [0, 0.05) is 18.7 Å². The van der Waals surface area contributed by atoms with Crippen molar-refractivity contribution >= 4 is 29.3 Å². The largest absolute Gasteiger partial charge is 0.479 e. The molecular weight excluding hydrogens is 364 g/mol. The average Bonchev–Trinajstić information content (AvgIpc) is 2.65. The topological polar surface area (TPSA) is 93.2 Å². The van der Waals surface area contributed by atoms with E-state index >= 15 is 0 Å². The minimum atomic E-state index is -0.738. The third kappa shape index (κ3) is 4.88. The molecule has 8 heteroatoms. The first-order valence-corrected chi connectivity index (χ1v) is 9.34. The number of fused-ring (bicyclic) bond motifs is 1. The minimum Gasteiger partial charge on any atom is -0.479 e. The van der Waals surface area contributed by atoms with E-state index in [1.165, 1.54) is 16.7 Å². The predicted octanol–water partition coefficient (Wildman–Crippen LogP) is 1.80. The molecule has 152 valence electrons. The van der Waals surface area contributed by atoms with E-state index in [9.17, 15) is 19.2 Å². The fourth-order valence-electron chi connectivity index (χ4n) is 2.94. The number of likely N-dealkylation sites (N-methyl/N-ethyl adjacent to an activating group) is 1. The summed E-state index contributed by atoms with van der Waals surface area (Å²) in [5.74, 6) is -0.734. The zero-order valence-corrected chi connectivity index (χ0v) is 16.7. The van der Waals surface area contributed by atoms with Crippen LogP contribution in [-0.2, 0) is 19.1 Å². The van der Waals surface area contributed by atoms with Gasteiger partial charge in [-0.3, -0.25) is 24.1 Å². The molecule has 0 fully saturated rings. The van der Waals surface area contributed by atoms with Gasteiger partial charge in [-0.05, 0) is 45.9 Å². The fourth-order valence-corrected chi connectivity index (χ4v) is 2.94. The van der Waals surface area contributed by atoms with Crippen molar-refractivity contribution in [3.05, 3.63) is 23.8 Å². The van der Waals surface area contributed by atoms with Crippen LogP contribution in [0.4, 0.5) is 5.69 Å². The van der Waals surface area contributed by atoms with Gasteiger partial charge in [-0.1, -0.05) is 0 Å². The van der Waals surface area contributed by atoms with E-state index in [0.29, 0.717) is 23.5 Å². The molecule has 0 aliphatic carbocycles. The van der Waals surface area contributed by atoms with Crippen LogP contribution in [0.15, 0.2) is 18.2 Å². The van der Waals surface area contributed by atoms with Crippen molar-refractivity contribution in [3.8, 4) is 5.75 Å². The van der Waals surface area contributed by atoms with E-state index in [2.05, 4.69) is 0 Å². The molecule has 0 saturated carbocycles. The zero-order valence-electron chi connectivity index (χ0n) is 16.7. The highest BCUT2D eigenvalue weighted by Crippen LogP contribution is 2.35. The lowest BCUT2D eigenvalue weighted by Crippen LogP contribution is -2.50. The van der Waals surface area contributed by atoms with Crippen LogP contribution in [0.3, 0.4) is 0 Å². The van der Waals surface area contributed by atoms with Crippen LogP contribution >= 0.6 is 0 Å². The molecule has 8 nitrogen and oxygen atoms in total. The fraction of sp³-hybridized carbons (Fsp3) is 0.500. The highest BCUT2D eigenvalue weighted by Gasteiger charge is 2.34. The third-order valence-corrected chi connectivity index (χ3v) is 4.49. The number of Topliss-reactive ketones (excluding diaryl/α,β-unsaturated/α-hetero) is 1. The number of benzene rings is 1. The number of anilines is 1. The molecular formula is C20H26N2O6. The Morgan fingerprint density at radius 2 is 1.96 bits per heavy atom. The Balaban J connectivity index is 2.20. The summed E-state index contributed by atoms with van der Waals surface area (Å²) in [6, 6.07) is 4.82. The summed E-state index contributed by atoms with van der Waals surface area (Å²) in [7, 11) is 0. The summed E-state index contributed by atoms with van der Waals surface area (Å²) in [5.41, 5.74) is 0.822. The lowest BCUT2D eigenvalue weighted by atomic mass is 10.1. The van der Waals surface area contributed by atoms with E-state index < -0.39 is 6.10 Å². The van der Waals surface area contributed by atoms with Crippen LogP contribution in [0.5, 0.6) is 5.75 Å². The molecule has 1 atom stereocenters. The summed E-state index contributed by atoms with van der Waals surface area (Å²) in [5, 5.41) is 0. The first-order chi connectivity index (χ1) is 13.3. The molecule has 1 unspecified atom stereocenters. The summed E-state index contributed by atoms with van der Waals surface area (Å²) in [6.07, 6.45) is -0.649. The van der Waals surface area contributed by atoms with Crippen molar-refractivity contribution in [1.29, 1.82) is 0 Å². The Hall–Kier alpha value is -2.90. The number of carbonyl (C=O) groups excluding carboxylic acids is 4. The van der Waals surface area contributed by atoms with E-state index in [0.717, 1.165) is 0 Å². The molecule has 28 heavy (non-hydrogen) atoms. The number of amides is 2. The second-order valence-corrected chi connectivity index (χ2v) is 6.45. The molecule has 1 aromatic rings. The maximum absolute atomic E-state index is 12.8. The molecule has 1 aliphatic heterocycles. The molecule has 1 heterocycles. The van der Waals surface area contributed by atoms with Gasteiger partial charge in [0.15, 0.2) is 11.9 Å². The first-order valence-electron chi connectivity index (χ1n) is 9.34. The molecule has 2 rings (SSSR count). The number of hydrogen-bond acceptors (Lipinski definition) is 6. The minimum absolute atomic E-state index is 0.0892. The molecule has 0 radical (unpaired) electrons. The van der Waals surface area contributed by atoms with E-state index in [4.69, 9.17) is 9.47 Å². The average molecular weight is 390 g/mol. The van der Waals surface area contributed by atoms with E-state index in [-0.39, 0.29) is 49.7 Å². The van der Waals surface area contributed by atoms with E-state index in [1.807, 2.05) is 0 Å². The summed E-state index contributed by atoms with van der Waals surface area (Å²) in [4.78, 5) is 51.5. The highest BCUT2D eigenvalue weighted by atomic mass is 16.5. The smallest absolute Gasteiger partial charge is 0.307 e. The highest BCUT2D eigenvalue weighted by molar-refractivity contribution is 6.05. The second kappa shape index (κ2) is 9.34. The Kier molecular flexibility index (Phi) is 7.14. The summed E-state index contributed by atoms with van der Waals surface area (Å²) < 4.78 is 10.5. The Bertz CT molecular complexity index is 776. The third-order valence-electron chi connectivity index (χ3n) is 4.49. The molecule has 0 bridgehead atoms. The maximum atomic E-state index is 12.8. The van der Waals surface area contributed by atoms with Gasteiger partial charge < -0.3 is 14.4 Å². The lowest BCUT2D eigenvalue weighted by Gasteiger charge is -2.34. The number of hydrogen-bond donors (Lipinski definition) is 0. The number of esters is 1. The number of nitrogens with zero attached hydrogens (tertiary/aromatic N) is 2. The molecule has 0 saturated heterocycles. The summed E-state index contributed by atoms with van der Waals surface area (Å²) in [6.45, 7) is 7.26. The quantitative estimate of drug-likeness (QED) is 0.496. The van der Waals surface area contributed by atoms with Crippen molar-refractivity contribution in [2.24, 2.45) is 0 Å².